The topological polar surface area (TPSA) is 125 Å². The van der Waals surface area contributed by atoms with Gasteiger partial charge in [0.1, 0.15) is 19.8 Å². The second kappa shape index (κ2) is 19.9. The minimum Gasteiger partial charge on any atom is -0.481 e. The van der Waals surface area contributed by atoms with E-state index in [9.17, 15) is 19.2 Å². The lowest BCUT2D eigenvalue weighted by atomic mass is 10.1. The number of methoxy groups -OCH3 is 1. The third-order valence-electron chi connectivity index (χ3n) is 4.00. The molecule has 0 aliphatic carbocycles. The van der Waals surface area contributed by atoms with Crippen LogP contribution in [0.4, 0.5) is 0 Å². The average molecular weight is 430 g/mol. The van der Waals surface area contributed by atoms with E-state index in [1.54, 1.807) is 0 Å². The third kappa shape index (κ3) is 20.3. The van der Waals surface area contributed by atoms with Gasteiger partial charge in [0.2, 0.25) is 0 Å². The molecule has 0 spiro atoms. The maximum atomic E-state index is 11.6. The predicted molar refractivity (Wildman–Crippen MR) is 108 cm³/mol. The molecule has 0 amide bonds. The Kier molecular flexibility index (Phi) is 18.3. The fraction of sp³-hybridized carbons (Fsp3) is 0.714. The maximum absolute atomic E-state index is 11.6. The molecule has 0 rings (SSSR count). The number of hydrogen-bond acceptors (Lipinski definition) is 8. The Hall–Kier alpha value is -2.42. The zero-order chi connectivity index (χ0) is 22.5. The number of carboxylic acids is 1. The van der Waals surface area contributed by atoms with E-state index in [1.807, 2.05) is 0 Å². The zero-order valence-electron chi connectivity index (χ0n) is 17.8. The number of hydrogen-bond donors (Lipinski definition) is 1. The van der Waals surface area contributed by atoms with E-state index >= 15 is 0 Å². The summed E-state index contributed by atoms with van der Waals surface area (Å²) in [6.07, 6.45) is 10.0. The molecule has 0 unspecified atom stereocenters. The van der Waals surface area contributed by atoms with Crippen LogP contribution in [0.15, 0.2) is 12.2 Å². The summed E-state index contributed by atoms with van der Waals surface area (Å²) in [5.74, 6) is -2.48. The molecule has 1 N–H and O–H groups in total. The molecule has 0 fully saturated rings. The molecule has 0 aromatic heterocycles. The molecule has 0 saturated heterocycles. The van der Waals surface area contributed by atoms with Crippen molar-refractivity contribution in [3.8, 4) is 0 Å². The van der Waals surface area contributed by atoms with Gasteiger partial charge < -0.3 is 24.1 Å². The van der Waals surface area contributed by atoms with Crippen LogP contribution in [0.2, 0.25) is 0 Å². The molecule has 0 saturated carbocycles. The molecule has 0 aliphatic rings. The predicted octanol–water partition coefficient (Wildman–Crippen LogP) is 2.80. The first-order valence-corrected chi connectivity index (χ1v) is 10.3. The highest BCUT2D eigenvalue weighted by Gasteiger charge is 2.05. The van der Waals surface area contributed by atoms with Crippen LogP contribution in [0.1, 0.15) is 64.2 Å². The lowest BCUT2D eigenvalue weighted by Crippen LogP contribution is -2.13. The minimum absolute atomic E-state index is 0.0347. The monoisotopic (exact) mass is 430 g/mol. The highest BCUT2D eigenvalue weighted by Crippen LogP contribution is 2.11. The van der Waals surface area contributed by atoms with Gasteiger partial charge in [0, 0.05) is 32.1 Å². The van der Waals surface area contributed by atoms with Crippen molar-refractivity contribution >= 4 is 23.9 Å². The molecule has 0 aliphatic heterocycles. The second-order valence-corrected chi connectivity index (χ2v) is 6.60. The van der Waals surface area contributed by atoms with Crippen molar-refractivity contribution < 1.29 is 43.2 Å². The van der Waals surface area contributed by atoms with Gasteiger partial charge in [-0.2, -0.15) is 0 Å². The summed E-state index contributed by atoms with van der Waals surface area (Å²) < 4.78 is 19.2. The number of rotatable bonds is 19. The van der Waals surface area contributed by atoms with E-state index < -0.39 is 17.9 Å². The summed E-state index contributed by atoms with van der Waals surface area (Å²) in [6.45, 7) is 0.243. The summed E-state index contributed by atoms with van der Waals surface area (Å²) in [5.41, 5.74) is 0. The average Bonchev–Trinajstić information content (AvgIpc) is 2.71. The molecule has 9 heteroatoms. The number of aliphatic carboxylic acids is 1. The van der Waals surface area contributed by atoms with Crippen LogP contribution in [-0.4, -0.2) is 62.5 Å². The molecule has 0 radical (unpaired) electrons. The van der Waals surface area contributed by atoms with Gasteiger partial charge in [-0.1, -0.05) is 38.5 Å². The van der Waals surface area contributed by atoms with Gasteiger partial charge in [-0.15, -0.1) is 0 Å². The van der Waals surface area contributed by atoms with Crippen molar-refractivity contribution in [3.05, 3.63) is 12.2 Å². The van der Waals surface area contributed by atoms with E-state index in [0.717, 1.165) is 63.5 Å². The number of carbonyl (C=O) groups excluding carboxylic acids is 3. The van der Waals surface area contributed by atoms with Gasteiger partial charge in [-0.05, 0) is 12.8 Å². The van der Waals surface area contributed by atoms with Gasteiger partial charge in [0.05, 0.1) is 6.61 Å². The van der Waals surface area contributed by atoms with Crippen molar-refractivity contribution in [2.24, 2.45) is 0 Å². The Labute approximate surface area is 177 Å². The Bertz CT molecular complexity index is 529. The Morgan fingerprint density at radius 2 is 1.07 bits per heavy atom. The smallest absolute Gasteiger partial charge is 0.331 e. The van der Waals surface area contributed by atoms with Crippen LogP contribution in [-0.2, 0) is 38.1 Å². The lowest BCUT2D eigenvalue weighted by Gasteiger charge is -2.05. The summed E-state index contributed by atoms with van der Waals surface area (Å²) >= 11 is 0. The third-order valence-corrected chi connectivity index (χ3v) is 4.00. The van der Waals surface area contributed by atoms with Crippen LogP contribution in [0.3, 0.4) is 0 Å². The van der Waals surface area contributed by atoms with Gasteiger partial charge in [-0.25, -0.2) is 9.59 Å². The SMILES string of the molecule is COCCOC(=O)/C=C/C(=O)OCCOC(=O)CCCCCCCCCCC(=O)O. The number of esters is 3. The number of ether oxygens (including phenoxy) is 4. The molecular formula is C21H34O9. The normalized spacial score (nSPS) is 10.7. The van der Waals surface area contributed by atoms with Crippen LogP contribution < -0.4 is 0 Å². The second-order valence-electron chi connectivity index (χ2n) is 6.60. The van der Waals surface area contributed by atoms with Crippen LogP contribution >= 0.6 is 0 Å². The standard InChI is InChI=1S/C21H34O9/c1-27-14-15-28-20(25)12-13-21(26)30-17-16-29-19(24)11-9-7-5-3-2-4-6-8-10-18(22)23/h12-13H,2-11,14-17H2,1H3,(H,22,23)/b13-12+. The fourth-order valence-corrected chi connectivity index (χ4v) is 2.43. The molecule has 0 aromatic carbocycles. The maximum Gasteiger partial charge on any atom is 0.331 e. The van der Waals surface area contributed by atoms with Crippen molar-refractivity contribution in [1.82, 2.24) is 0 Å². The number of carboxylic acid groups (broad SMARTS) is 1. The summed E-state index contributed by atoms with van der Waals surface area (Å²) in [5, 5.41) is 8.54. The molecule has 0 bridgehead atoms. The van der Waals surface area contributed by atoms with Gasteiger partial charge >= 0.3 is 23.9 Å². The Morgan fingerprint density at radius 3 is 1.57 bits per heavy atom. The van der Waals surface area contributed by atoms with Crippen molar-refractivity contribution in [2.45, 2.75) is 64.2 Å². The first-order valence-electron chi connectivity index (χ1n) is 10.3. The highest BCUT2D eigenvalue weighted by molar-refractivity contribution is 5.91. The van der Waals surface area contributed by atoms with E-state index in [4.69, 9.17) is 24.1 Å². The summed E-state index contributed by atoms with van der Waals surface area (Å²) in [7, 11) is 1.48. The van der Waals surface area contributed by atoms with Gasteiger partial charge in [0.15, 0.2) is 0 Å². The summed E-state index contributed by atoms with van der Waals surface area (Å²) in [4.78, 5) is 44.6. The zero-order valence-corrected chi connectivity index (χ0v) is 17.8. The molecule has 9 nitrogen and oxygen atoms in total. The first kappa shape index (κ1) is 27.6. The van der Waals surface area contributed by atoms with Crippen LogP contribution in [0.5, 0.6) is 0 Å². The van der Waals surface area contributed by atoms with E-state index in [2.05, 4.69) is 0 Å². The fourth-order valence-electron chi connectivity index (χ4n) is 2.43. The Balaban J connectivity index is 3.49. The Morgan fingerprint density at radius 1 is 0.633 bits per heavy atom. The lowest BCUT2D eigenvalue weighted by molar-refractivity contribution is -0.149. The van der Waals surface area contributed by atoms with E-state index in [0.29, 0.717) is 6.42 Å². The molecule has 0 heterocycles. The van der Waals surface area contributed by atoms with E-state index in [1.165, 1.54) is 7.11 Å². The molecule has 30 heavy (non-hydrogen) atoms. The minimum atomic E-state index is -0.743. The largest absolute Gasteiger partial charge is 0.481 e. The summed E-state index contributed by atoms with van der Waals surface area (Å²) in [6, 6.07) is 0. The van der Waals surface area contributed by atoms with Crippen molar-refractivity contribution in [2.75, 3.05) is 33.5 Å². The van der Waals surface area contributed by atoms with Crippen LogP contribution in [0, 0.1) is 0 Å². The number of unbranched alkanes of at least 4 members (excludes halogenated alkanes) is 7. The van der Waals surface area contributed by atoms with E-state index in [-0.39, 0.29) is 38.8 Å². The van der Waals surface area contributed by atoms with Gasteiger partial charge in [-0.3, -0.25) is 9.59 Å². The molecular weight excluding hydrogens is 396 g/mol. The number of carbonyl (C=O) groups is 4. The first-order chi connectivity index (χ1) is 14.5. The molecule has 172 valence electrons. The quantitative estimate of drug-likeness (QED) is 0.142. The molecule has 0 atom stereocenters. The highest BCUT2D eigenvalue weighted by atomic mass is 16.6. The van der Waals surface area contributed by atoms with Gasteiger partial charge in [0.25, 0.3) is 0 Å². The van der Waals surface area contributed by atoms with Crippen molar-refractivity contribution in [1.29, 1.82) is 0 Å². The van der Waals surface area contributed by atoms with Crippen LogP contribution in [0.25, 0.3) is 0 Å². The molecule has 0 aromatic rings. The van der Waals surface area contributed by atoms with Crippen molar-refractivity contribution in [3.63, 3.8) is 0 Å².